The molecule has 0 saturated carbocycles. The number of allylic oxidation sites excluding steroid dienone is 1. The minimum Gasteiger partial charge on any atom is -0.464 e. The summed E-state index contributed by atoms with van der Waals surface area (Å²) in [5, 5.41) is 15.0. The first-order chi connectivity index (χ1) is 22.4. The molecular weight excluding hydrogens is 594 g/mol. The summed E-state index contributed by atoms with van der Waals surface area (Å²) in [6.45, 7) is 3.65. The average Bonchev–Trinajstić information content (AvgIpc) is 3.06. The number of ether oxygens (including phenoxy) is 4. The fraction of sp³-hybridized carbons (Fsp3) is 0.441. The Hall–Kier alpha value is -4.23. The van der Waals surface area contributed by atoms with Gasteiger partial charge < -0.3 is 44.8 Å². The Morgan fingerprint density at radius 3 is 2.54 bits per heavy atom. The molecule has 46 heavy (non-hydrogen) atoms. The highest BCUT2D eigenvalue weighted by Gasteiger charge is 2.39. The number of rotatable bonds is 18. The van der Waals surface area contributed by atoms with Crippen LogP contribution in [0.2, 0.25) is 0 Å². The number of benzene rings is 2. The normalized spacial score (nSPS) is 17.7. The van der Waals surface area contributed by atoms with Gasteiger partial charge in [-0.25, -0.2) is 0 Å². The average molecular weight is 638 g/mol. The van der Waals surface area contributed by atoms with Gasteiger partial charge in [-0.15, -0.1) is 0 Å². The van der Waals surface area contributed by atoms with Crippen LogP contribution in [-0.4, -0.2) is 69.4 Å². The molecule has 2 amide bonds. The zero-order chi connectivity index (χ0) is 32.7. The van der Waals surface area contributed by atoms with Gasteiger partial charge in [0.25, 0.3) is 5.91 Å². The summed E-state index contributed by atoms with van der Waals surface area (Å²) >= 11 is 0. The standard InChI is InChI=1S/C34H43N3O9/c1-2-44-34-23(14-17-42-19-20-43-18-16-38)25(26-22-45-29-12-6-3-9-24(29)32(26)40)21-30(46-34)33(41)36-15-8-7-13-31(39)37-28-11-5-4-10-27(28)35/h3-6,9-12,21-23,25,34,38H,2,7-8,13-20,35H2,1H3,(H,36,41)(H,37,39)/t23-,25+,34-/m1/s1. The highest BCUT2D eigenvalue weighted by molar-refractivity contribution is 5.94. The highest BCUT2D eigenvalue weighted by atomic mass is 16.7. The van der Waals surface area contributed by atoms with E-state index in [0.717, 1.165) is 0 Å². The molecule has 0 radical (unpaired) electrons. The Kier molecular flexibility index (Phi) is 13.6. The van der Waals surface area contributed by atoms with E-state index in [-0.39, 0.29) is 42.6 Å². The molecule has 0 unspecified atom stereocenters. The first-order valence-corrected chi connectivity index (χ1v) is 15.6. The zero-order valence-corrected chi connectivity index (χ0v) is 26.1. The summed E-state index contributed by atoms with van der Waals surface area (Å²) in [6.07, 6.45) is 4.12. The number of nitrogen functional groups attached to an aromatic ring is 1. The van der Waals surface area contributed by atoms with Crippen LogP contribution in [0, 0.1) is 5.92 Å². The van der Waals surface area contributed by atoms with E-state index >= 15 is 0 Å². The minimum atomic E-state index is -0.824. The van der Waals surface area contributed by atoms with Crippen molar-refractivity contribution in [1.82, 2.24) is 5.32 Å². The molecule has 5 N–H and O–H groups in total. The Labute approximate surface area is 267 Å². The van der Waals surface area contributed by atoms with Gasteiger partial charge in [0.1, 0.15) is 5.58 Å². The molecule has 0 bridgehead atoms. The minimum absolute atomic E-state index is 0.0443. The summed E-state index contributed by atoms with van der Waals surface area (Å²) in [4.78, 5) is 39.2. The molecule has 1 aliphatic rings. The molecule has 2 heterocycles. The molecule has 0 spiro atoms. The maximum atomic E-state index is 13.6. The number of anilines is 2. The highest BCUT2D eigenvalue weighted by Crippen LogP contribution is 2.38. The van der Waals surface area contributed by atoms with Crippen LogP contribution in [0.25, 0.3) is 11.0 Å². The van der Waals surface area contributed by atoms with Gasteiger partial charge in [-0.05, 0) is 56.5 Å². The Morgan fingerprint density at radius 1 is 1.00 bits per heavy atom. The molecule has 0 aliphatic carbocycles. The largest absolute Gasteiger partial charge is 0.464 e. The molecule has 2 aromatic carbocycles. The van der Waals surface area contributed by atoms with Crippen LogP contribution in [0.3, 0.4) is 0 Å². The van der Waals surface area contributed by atoms with E-state index in [9.17, 15) is 14.4 Å². The molecule has 4 rings (SSSR count). The second-order valence-corrected chi connectivity index (χ2v) is 10.8. The molecular formula is C34H43N3O9. The van der Waals surface area contributed by atoms with Crippen molar-refractivity contribution in [1.29, 1.82) is 0 Å². The summed E-state index contributed by atoms with van der Waals surface area (Å²) in [6, 6.07) is 14.1. The lowest BCUT2D eigenvalue weighted by atomic mass is 9.81. The summed E-state index contributed by atoms with van der Waals surface area (Å²) in [5.74, 6) is -1.49. The van der Waals surface area contributed by atoms with E-state index in [1.54, 1.807) is 54.6 Å². The smallest absolute Gasteiger partial charge is 0.286 e. The SMILES string of the molecule is CCO[C@@H]1OC(C(=O)NCCCCC(=O)Nc2ccccc2N)=C[C@H](c2coc3ccccc3c2=O)[C@H]1CCOCCOCCO. The topological polar surface area (TPSA) is 172 Å². The quantitative estimate of drug-likeness (QED) is 0.119. The number of fused-ring (bicyclic) bond motifs is 1. The van der Waals surface area contributed by atoms with Crippen molar-refractivity contribution in [2.45, 2.75) is 44.8 Å². The molecule has 1 aliphatic heterocycles. The van der Waals surface area contributed by atoms with E-state index in [1.165, 1.54) is 6.26 Å². The van der Waals surface area contributed by atoms with Crippen molar-refractivity contribution < 1.29 is 38.1 Å². The number of aliphatic hydroxyl groups is 1. The Morgan fingerprint density at radius 2 is 1.76 bits per heavy atom. The summed E-state index contributed by atoms with van der Waals surface area (Å²) < 4.78 is 28.9. The fourth-order valence-electron chi connectivity index (χ4n) is 5.25. The monoisotopic (exact) mass is 637 g/mol. The third-order valence-corrected chi connectivity index (χ3v) is 7.56. The van der Waals surface area contributed by atoms with Crippen LogP contribution in [0.4, 0.5) is 11.4 Å². The Bertz CT molecular complexity index is 1520. The van der Waals surface area contributed by atoms with Crippen molar-refractivity contribution in [3.05, 3.63) is 82.4 Å². The second kappa shape index (κ2) is 18.1. The number of amides is 2. The molecule has 3 aromatic rings. The lowest BCUT2D eigenvalue weighted by Gasteiger charge is -2.36. The maximum absolute atomic E-state index is 13.6. The van der Waals surface area contributed by atoms with Crippen molar-refractivity contribution in [3.8, 4) is 0 Å². The van der Waals surface area contributed by atoms with Gasteiger partial charge in [0.2, 0.25) is 12.2 Å². The van der Waals surface area contributed by atoms with Gasteiger partial charge in [0.15, 0.2) is 11.2 Å². The third-order valence-electron chi connectivity index (χ3n) is 7.56. The Balaban J connectivity index is 1.43. The van der Waals surface area contributed by atoms with Crippen LogP contribution in [-0.2, 0) is 28.5 Å². The van der Waals surface area contributed by atoms with Crippen molar-refractivity contribution in [3.63, 3.8) is 0 Å². The predicted molar refractivity (Wildman–Crippen MR) is 173 cm³/mol. The van der Waals surface area contributed by atoms with Gasteiger partial charge in [-0.1, -0.05) is 24.3 Å². The summed E-state index contributed by atoms with van der Waals surface area (Å²) in [5.41, 5.74) is 7.61. The van der Waals surface area contributed by atoms with Gasteiger partial charge in [-0.2, -0.15) is 0 Å². The fourth-order valence-corrected chi connectivity index (χ4v) is 5.25. The number of hydrogen-bond donors (Lipinski definition) is 4. The number of aliphatic hydroxyl groups excluding tert-OH is 1. The van der Waals surface area contributed by atoms with Gasteiger partial charge >= 0.3 is 0 Å². The van der Waals surface area contributed by atoms with Crippen LogP contribution >= 0.6 is 0 Å². The van der Waals surface area contributed by atoms with Gasteiger partial charge in [0.05, 0.1) is 49.5 Å². The molecule has 12 nitrogen and oxygen atoms in total. The number of hydrogen-bond acceptors (Lipinski definition) is 10. The molecule has 12 heteroatoms. The molecule has 3 atom stereocenters. The number of nitrogens with two attached hydrogens (primary N) is 1. The van der Waals surface area contributed by atoms with Crippen molar-refractivity contribution in [2.75, 3.05) is 57.2 Å². The van der Waals surface area contributed by atoms with Gasteiger partial charge in [0, 0.05) is 43.6 Å². The lowest BCUT2D eigenvalue weighted by Crippen LogP contribution is -2.40. The lowest BCUT2D eigenvalue weighted by molar-refractivity contribution is -0.168. The number of para-hydroxylation sites is 3. The van der Waals surface area contributed by atoms with E-state index in [4.69, 9.17) is 34.2 Å². The van der Waals surface area contributed by atoms with E-state index in [1.807, 2.05) is 6.92 Å². The predicted octanol–water partition coefficient (Wildman–Crippen LogP) is 3.69. The first-order valence-electron chi connectivity index (χ1n) is 15.6. The van der Waals surface area contributed by atoms with E-state index in [2.05, 4.69) is 10.6 Å². The molecule has 248 valence electrons. The van der Waals surface area contributed by atoms with Crippen LogP contribution in [0.15, 0.2) is 75.8 Å². The third kappa shape index (κ3) is 9.63. The molecule has 0 saturated heterocycles. The van der Waals surface area contributed by atoms with E-state index in [0.29, 0.717) is 80.1 Å². The first kappa shape index (κ1) is 34.6. The zero-order valence-electron chi connectivity index (χ0n) is 26.1. The maximum Gasteiger partial charge on any atom is 0.286 e. The van der Waals surface area contributed by atoms with Crippen LogP contribution < -0.4 is 21.8 Å². The number of nitrogens with one attached hydrogen (secondary N) is 2. The van der Waals surface area contributed by atoms with Crippen molar-refractivity contribution >= 4 is 34.2 Å². The van der Waals surface area contributed by atoms with Crippen LogP contribution in [0.1, 0.15) is 44.1 Å². The molecule has 0 fully saturated rings. The second-order valence-electron chi connectivity index (χ2n) is 10.8. The number of unbranched alkanes of at least 4 members (excludes halogenated alkanes) is 1. The van der Waals surface area contributed by atoms with E-state index < -0.39 is 18.1 Å². The number of carbonyl (C=O) groups excluding carboxylic acids is 2. The number of carbonyl (C=O) groups is 2. The molecule has 1 aromatic heterocycles. The van der Waals surface area contributed by atoms with Gasteiger partial charge in [-0.3, -0.25) is 14.4 Å². The van der Waals surface area contributed by atoms with Crippen LogP contribution in [0.5, 0.6) is 0 Å². The summed E-state index contributed by atoms with van der Waals surface area (Å²) in [7, 11) is 0. The van der Waals surface area contributed by atoms with Crippen molar-refractivity contribution in [2.24, 2.45) is 5.92 Å².